The topological polar surface area (TPSA) is 62.7 Å². The van der Waals surface area contributed by atoms with Gasteiger partial charge in [0.15, 0.2) is 0 Å². The van der Waals surface area contributed by atoms with Gasteiger partial charge in [-0.05, 0) is 62.2 Å². The highest BCUT2D eigenvalue weighted by Crippen LogP contribution is 2.13. The van der Waals surface area contributed by atoms with Crippen molar-refractivity contribution in [3.05, 3.63) is 59.7 Å². The number of aryl methyl sites for hydroxylation is 1. The number of carbonyl (C=O) groups excluding carboxylic acids is 1. The van der Waals surface area contributed by atoms with E-state index in [1.54, 1.807) is 6.21 Å². The molecule has 0 saturated heterocycles. The Morgan fingerprint density at radius 1 is 1.13 bits per heavy atom. The standard InChI is InChI=1S/C18H21N3O2/c1-13(2)23-16-10-8-15(9-11-16)12-19-21-18(22)20-17-7-5-4-6-14(17)3/h4-13H,1-3H3,(H2,20,21,22). The summed E-state index contributed by atoms with van der Waals surface area (Å²) in [5, 5.41) is 6.67. The highest BCUT2D eigenvalue weighted by atomic mass is 16.5. The van der Waals surface area contributed by atoms with Crippen LogP contribution >= 0.6 is 0 Å². The smallest absolute Gasteiger partial charge is 0.339 e. The summed E-state index contributed by atoms with van der Waals surface area (Å²) in [6.45, 7) is 5.89. The molecule has 0 aliphatic rings. The molecule has 2 rings (SSSR count). The number of anilines is 1. The lowest BCUT2D eigenvalue weighted by molar-refractivity contribution is 0.242. The highest BCUT2D eigenvalue weighted by molar-refractivity contribution is 5.91. The Balaban J connectivity index is 1.86. The number of carbonyl (C=O) groups is 1. The van der Waals surface area contributed by atoms with Crippen LogP contribution < -0.4 is 15.5 Å². The van der Waals surface area contributed by atoms with E-state index in [9.17, 15) is 4.79 Å². The fourth-order valence-corrected chi connectivity index (χ4v) is 1.93. The maximum atomic E-state index is 11.8. The van der Waals surface area contributed by atoms with Crippen molar-refractivity contribution in [1.82, 2.24) is 5.43 Å². The Morgan fingerprint density at radius 2 is 1.83 bits per heavy atom. The third-order valence-electron chi connectivity index (χ3n) is 3.02. The third-order valence-corrected chi connectivity index (χ3v) is 3.02. The van der Waals surface area contributed by atoms with Crippen LogP contribution in [0.4, 0.5) is 10.5 Å². The van der Waals surface area contributed by atoms with Gasteiger partial charge in [-0.15, -0.1) is 0 Å². The minimum absolute atomic E-state index is 0.140. The Hall–Kier alpha value is -2.82. The molecule has 0 unspecified atom stereocenters. The number of benzene rings is 2. The molecule has 2 aromatic rings. The quantitative estimate of drug-likeness (QED) is 0.649. The fraction of sp³-hybridized carbons (Fsp3) is 0.222. The van der Waals surface area contributed by atoms with Crippen LogP contribution in [-0.4, -0.2) is 18.3 Å². The number of amides is 2. The van der Waals surface area contributed by atoms with E-state index in [1.807, 2.05) is 69.3 Å². The van der Waals surface area contributed by atoms with Crippen LogP contribution in [0.15, 0.2) is 53.6 Å². The molecule has 2 amide bonds. The molecule has 0 aromatic heterocycles. The molecule has 0 atom stereocenters. The van der Waals surface area contributed by atoms with Crippen LogP contribution in [-0.2, 0) is 0 Å². The molecule has 5 nitrogen and oxygen atoms in total. The highest BCUT2D eigenvalue weighted by Gasteiger charge is 2.02. The molecule has 0 fully saturated rings. The maximum Gasteiger partial charge on any atom is 0.339 e. The zero-order valence-electron chi connectivity index (χ0n) is 13.5. The third kappa shape index (κ3) is 5.47. The average Bonchev–Trinajstić information content (AvgIpc) is 2.51. The molecule has 120 valence electrons. The van der Waals surface area contributed by atoms with Gasteiger partial charge in [-0.1, -0.05) is 18.2 Å². The summed E-state index contributed by atoms with van der Waals surface area (Å²) in [4.78, 5) is 11.8. The van der Waals surface area contributed by atoms with Crippen LogP contribution in [0.1, 0.15) is 25.0 Å². The van der Waals surface area contributed by atoms with Gasteiger partial charge >= 0.3 is 6.03 Å². The number of nitrogens with one attached hydrogen (secondary N) is 2. The summed E-state index contributed by atoms with van der Waals surface area (Å²) in [5.41, 5.74) is 5.07. The SMILES string of the molecule is Cc1ccccc1NC(=O)NN=Cc1ccc(OC(C)C)cc1. The summed E-state index contributed by atoms with van der Waals surface area (Å²) in [6.07, 6.45) is 1.72. The minimum Gasteiger partial charge on any atom is -0.491 e. The number of hydrazone groups is 1. The number of ether oxygens (including phenoxy) is 1. The molecule has 2 N–H and O–H groups in total. The normalized spacial score (nSPS) is 10.8. The fourth-order valence-electron chi connectivity index (χ4n) is 1.93. The van der Waals surface area contributed by atoms with Gasteiger partial charge in [-0.3, -0.25) is 0 Å². The molecule has 0 radical (unpaired) electrons. The van der Waals surface area contributed by atoms with Crippen molar-refractivity contribution in [2.75, 3.05) is 5.32 Å². The van der Waals surface area contributed by atoms with Crippen LogP contribution in [0.5, 0.6) is 5.75 Å². The second-order valence-corrected chi connectivity index (χ2v) is 5.37. The lowest BCUT2D eigenvalue weighted by atomic mass is 10.2. The Bertz CT molecular complexity index is 679. The molecule has 5 heteroatoms. The maximum absolute atomic E-state index is 11.8. The molecule has 23 heavy (non-hydrogen) atoms. The first-order chi connectivity index (χ1) is 11.0. The molecular formula is C18H21N3O2. The zero-order chi connectivity index (χ0) is 16.7. The predicted molar refractivity (Wildman–Crippen MR) is 93.1 cm³/mol. The molecule has 0 saturated carbocycles. The van der Waals surface area contributed by atoms with Gasteiger partial charge in [0.25, 0.3) is 0 Å². The van der Waals surface area contributed by atoms with E-state index in [-0.39, 0.29) is 12.1 Å². The first kappa shape index (κ1) is 16.5. The van der Waals surface area contributed by atoms with E-state index in [1.165, 1.54) is 0 Å². The lowest BCUT2D eigenvalue weighted by Crippen LogP contribution is -2.24. The molecule has 0 aliphatic carbocycles. The van der Waals surface area contributed by atoms with Gasteiger partial charge in [0.05, 0.1) is 12.3 Å². The summed E-state index contributed by atoms with van der Waals surface area (Å²) in [7, 11) is 0. The average molecular weight is 311 g/mol. The van der Waals surface area contributed by atoms with E-state index < -0.39 is 0 Å². The number of hydrogen-bond donors (Lipinski definition) is 2. The van der Waals surface area contributed by atoms with Crippen molar-refractivity contribution in [3.8, 4) is 5.75 Å². The number of hydrogen-bond acceptors (Lipinski definition) is 3. The van der Waals surface area contributed by atoms with E-state index in [0.717, 1.165) is 22.6 Å². The first-order valence-corrected chi connectivity index (χ1v) is 7.47. The van der Waals surface area contributed by atoms with Crippen LogP contribution in [0.3, 0.4) is 0 Å². The Morgan fingerprint density at radius 3 is 2.48 bits per heavy atom. The lowest BCUT2D eigenvalue weighted by Gasteiger charge is -2.09. The first-order valence-electron chi connectivity index (χ1n) is 7.47. The number of nitrogens with zero attached hydrogens (tertiary/aromatic N) is 1. The van der Waals surface area contributed by atoms with Crippen molar-refractivity contribution in [2.24, 2.45) is 5.10 Å². The van der Waals surface area contributed by atoms with E-state index in [2.05, 4.69) is 15.8 Å². The number of urea groups is 1. The summed E-state index contributed by atoms with van der Waals surface area (Å²) in [6, 6.07) is 14.7. The van der Waals surface area contributed by atoms with Gasteiger partial charge in [0.2, 0.25) is 0 Å². The van der Waals surface area contributed by atoms with Crippen molar-refractivity contribution in [1.29, 1.82) is 0 Å². The van der Waals surface area contributed by atoms with E-state index in [0.29, 0.717) is 0 Å². The Kier molecular flexibility index (Phi) is 5.74. The molecule has 0 spiro atoms. The van der Waals surface area contributed by atoms with Crippen LogP contribution in [0.2, 0.25) is 0 Å². The van der Waals surface area contributed by atoms with Gasteiger partial charge in [-0.2, -0.15) is 5.10 Å². The van der Waals surface area contributed by atoms with Crippen molar-refractivity contribution < 1.29 is 9.53 Å². The molecule has 0 heterocycles. The Labute approximate surface area is 136 Å². The molecular weight excluding hydrogens is 290 g/mol. The van der Waals surface area contributed by atoms with Gasteiger partial charge < -0.3 is 10.1 Å². The van der Waals surface area contributed by atoms with Gasteiger partial charge in [0, 0.05) is 5.69 Å². The summed E-state index contributed by atoms with van der Waals surface area (Å²) >= 11 is 0. The largest absolute Gasteiger partial charge is 0.491 e. The monoisotopic (exact) mass is 311 g/mol. The van der Waals surface area contributed by atoms with Gasteiger partial charge in [0.1, 0.15) is 5.75 Å². The van der Waals surface area contributed by atoms with Crippen LogP contribution in [0.25, 0.3) is 0 Å². The van der Waals surface area contributed by atoms with E-state index >= 15 is 0 Å². The second kappa shape index (κ2) is 7.98. The van der Waals surface area contributed by atoms with E-state index in [4.69, 9.17) is 4.74 Å². The van der Waals surface area contributed by atoms with Gasteiger partial charge in [-0.25, -0.2) is 10.2 Å². The second-order valence-electron chi connectivity index (χ2n) is 5.37. The summed E-state index contributed by atoms with van der Waals surface area (Å²) in [5.74, 6) is 0.808. The number of rotatable bonds is 5. The zero-order valence-corrected chi connectivity index (χ0v) is 13.5. The summed E-state index contributed by atoms with van der Waals surface area (Å²) < 4.78 is 5.57. The predicted octanol–water partition coefficient (Wildman–Crippen LogP) is 3.94. The molecule has 0 bridgehead atoms. The van der Waals surface area contributed by atoms with Crippen molar-refractivity contribution in [2.45, 2.75) is 26.9 Å². The molecule has 2 aromatic carbocycles. The minimum atomic E-state index is -0.379. The molecule has 0 aliphatic heterocycles. The van der Waals surface area contributed by atoms with Crippen molar-refractivity contribution in [3.63, 3.8) is 0 Å². The van der Waals surface area contributed by atoms with Crippen molar-refractivity contribution >= 4 is 17.9 Å². The van der Waals surface area contributed by atoms with Crippen LogP contribution in [0, 0.1) is 6.92 Å². The number of para-hydroxylation sites is 1.